The molecule has 1 aromatic carbocycles. The Kier molecular flexibility index (Phi) is 5.59. The number of hydroxylamine groups is 2. The number of piperidine rings is 1. The number of aliphatic hydroxyl groups excluding tert-OH is 1. The molecule has 1 aliphatic heterocycles. The molecule has 23 heavy (non-hydrogen) atoms. The third kappa shape index (κ3) is 5.18. The molecule has 2 unspecified atom stereocenters. The van der Waals surface area contributed by atoms with Crippen LogP contribution in [-0.4, -0.2) is 41.6 Å². The molecule has 128 valence electrons. The van der Waals surface area contributed by atoms with Crippen LogP contribution < -0.4 is 0 Å². The molecule has 1 N–H and O–H groups in total. The molecule has 0 aliphatic carbocycles. The number of aliphatic hydroxyl groups is 1. The minimum Gasteiger partial charge on any atom is -0.427 e. The van der Waals surface area contributed by atoms with Crippen molar-refractivity contribution in [1.82, 2.24) is 5.06 Å². The highest BCUT2D eigenvalue weighted by Gasteiger charge is 2.32. The van der Waals surface area contributed by atoms with Gasteiger partial charge in [-0.3, -0.25) is 0 Å². The van der Waals surface area contributed by atoms with Crippen LogP contribution in [0.5, 0.6) is 0 Å². The molecule has 6 heteroatoms. The molecule has 2 rings (SSSR count). The molecule has 0 bridgehead atoms. The molecule has 1 aromatic rings. The SMILES string of the molecule is CC(C)(C)OC(=O)ON1CCC(c2ccc(F)cc2)C(CO)C1. The number of halogens is 1. The lowest BCUT2D eigenvalue weighted by molar-refractivity contribution is -0.164. The van der Waals surface area contributed by atoms with Gasteiger partial charge in [-0.1, -0.05) is 12.1 Å². The van der Waals surface area contributed by atoms with E-state index in [1.54, 1.807) is 32.9 Å². The van der Waals surface area contributed by atoms with Crippen molar-refractivity contribution in [1.29, 1.82) is 0 Å². The summed E-state index contributed by atoms with van der Waals surface area (Å²) in [5, 5.41) is 11.2. The number of benzene rings is 1. The van der Waals surface area contributed by atoms with Crippen LogP contribution >= 0.6 is 0 Å². The van der Waals surface area contributed by atoms with Crippen molar-refractivity contribution in [3.63, 3.8) is 0 Å². The van der Waals surface area contributed by atoms with E-state index in [1.165, 1.54) is 17.2 Å². The Morgan fingerprint density at radius 2 is 2.00 bits per heavy atom. The molecule has 0 spiro atoms. The van der Waals surface area contributed by atoms with Gasteiger partial charge in [0.2, 0.25) is 0 Å². The summed E-state index contributed by atoms with van der Waals surface area (Å²) in [6.45, 7) is 6.23. The first-order chi connectivity index (χ1) is 10.8. The first kappa shape index (κ1) is 17.7. The average Bonchev–Trinajstić information content (AvgIpc) is 2.46. The van der Waals surface area contributed by atoms with Crippen LogP contribution in [-0.2, 0) is 9.57 Å². The van der Waals surface area contributed by atoms with Crippen LogP contribution in [0.2, 0.25) is 0 Å². The lowest BCUT2D eigenvalue weighted by Gasteiger charge is -2.36. The molecule has 0 amide bonds. The monoisotopic (exact) mass is 325 g/mol. The van der Waals surface area contributed by atoms with Gasteiger partial charge in [0.25, 0.3) is 0 Å². The quantitative estimate of drug-likeness (QED) is 0.866. The summed E-state index contributed by atoms with van der Waals surface area (Å²) in [6.07, 6.45) is -0.0333. The Balaban J connectivity index is 1.96. The van der Waals surface area contributed by atoms with Crippen molar-refractivity contribution in [2.45, 2.75) is 38.7 Å². The van der Waals surface area contributed by atoms with Crippen LogP contribution in [0.3, 0.4) is 0 Å². The van der Waals surface area contributed by atoms with Crippen LogP contribution in [0.1, 0.15) is 38.7 Å². The van der Waals surface area contributed by atoms with Gasteiger partial charge in [0.15, 0.2) is 0 Å². The normalized spacial score (nSPS) is 22.7. The van der Waals surface area contributed by atoms with E-state index in [1.807, 2.05) is 0 Å². The van der Waals surface area contributed by atoms with Crippen LogP contribution in [0.25, 0.3) is 0 Å². The maximum absolute atomic E-state index is 13.0. The highest BCUT2D eigenvalue weighted by atomic mass is 19.1. The van der Waals surface area contributed by atoms with Crippen LogP contribution in [0, 0.1) is 11.7 Å². The largest absolute Gasteiger partial charge is 0.528 e. The maximum Gasteiger partial charge on any atom is 0.528 e. The molecule has 1 fully saturated rings. The molecule has 1 heterocycles. The minimum absolute atomic E-state index is 0.0315. The van der Waals surface area contributed by atoms with E-state index in [2.05, 4.69) is 0 Å². The van der Waals surface area contributed by atoms with E-state index in [9.17, 15) is 14.3 Å². The van der Waals surface area contributed by atoms with Crippen LogP contribution in [0.4, 0.5) is 9.18 Å². The lowest BCUT2D eigenvalue weighted by atomic mass is 9.81. The summed E-state index contributed by atoms with van der Waals surface area (Å²) in [6, 6.07) is 6.33. The molecule has 2 atom stereocenters. The number of carbonyl (C=O) groups excluding carboxylic acids is 1. The highest BCUT2D eigenvalue weighted by molar-refractivity contribution is 5.60. The molecule has 0 saturated carbocycles. The van der Waals surface area contributed by atoms with Gasteiger partial charge in [0, 0.05) is 25.6 Å². The molecular weight excluding hydrogens is 301 g/mol. The van der Waals surface area contributed by atoms with E-state index >= 15 is 0 Å². The van der Waals surface area contributed by atoms with Crippen molar-refractivity contribution in [3.05, 3.63) is 35.6 Å². The van der Waals surface area contributed by atoms with E-state index in [-0.39, 0.29) is 24.3 Å². The smallest absolute Gasteiger partial charge is 0.427 e. The van der Waals surface area contributed by atoms with Crippen molar-refractivity contribution in [2.75, 3.05) is 19.7 Å². The van der Waals surface area contributed by atoms with Gasteiger partial charge in [-0.15, -0.1) is 5.06 Å². The second-order valence-corrected chi connectivity index (χ2v) is 6.83. The first-order valence-corrected chi connectivity index (χ1v) is 7.80. The van der Waals surface area contributed by atoms with Gasteiger partial charge in [0.05, 0.1) is 0 Å². The number of hydrogen-bond acceptors (Lipinski definition) is 5. The Morgan fingerprint density at radius 1 is 1.35 bits per heavy atom. The molecule has 0 radical (unpaired) electrons. The second-order valence-electron chi connectivity index (χ2n) is 6.83. The van der Waals surface area contributed by atoms with E-state index in [0.29, 0.717) is 19.5 Å². The van der Waals surface area contributed by atoms with E-state index < -0.39 is 11.8 Å². The topological polar surface area (TPSA) is 59.0 Å². The third-order valence-electron chi connectivity index (χ3n) is 3.82. The molecular formula is C17H24FNO4. The number of rotatable bonds is 3. The fourth-order valence-corrected chi connectivity index (χ4v) is 2.79. The Labute approximate surface area is 136 Å². The molecule has 1 aliphatic rings. The number of ether oxygens (including phenoxy) is 1. The summed E-state index contributed by atoms with van der Waals surface area (Å²) >= 11 is 0. The molecule has 0 aromatic heterocycles. The first-order valence-electron chi connectivity index (χ1n) is 7.80. The van der Waals surface area contributed by atoms with Gasteiger partial charge in [0.1, 0.15) is 11.4 Å². The maximum atomic E-state index is 13.0. The zero-order valence-electron chi connectivity index (χ0n) is 13.8. The standard InChI is InChI=1S/C17H24FNO4/c1-17(2,3)22-16(21)23-19-9-8-15(13(10-19)11-20)12-4-6-14(18)7-5-12/h4-7,13,15,20H,8-11H2,1-3H3. The van der Waals surface area contributed by atoms with E-state index in [0.717, 1.165) is 5.56 Å². The summed E-state index contributed by atoms with van der Waals surface area (Å²) in [5.74, 6) is -0.254. The Bertz CT molecular complexity index is 526. The Morgan fingerprint density at radius 3 is 2.57 bits per heavy atom. The van der Waals surface area contributed by atoms with Crippen molar-refractivity contribution >= 4 is 6.16 Å². The number of carbonyl (C=O) groups is 1. The van der Waals surface area contributed by atoms with Crippen molar-refractivity contribution in [3.8, 4) is 0 Å². The fraction of sp³-hybridized carbons (Fsp3) is 0.588. The minimum atomic E-state index is -0.741. The number of nitrogens with zero attached hydrogens (tertiary/aromatic N) is 1. The third-order valence-corrected chi connectivity index (χ3v) is 3.82. The van der Waals surface area contributed by atoms with Gasteiger partial charge in [-0.2, -0.15) is 0 Å². The predicted octanol–water partition coefficient (Wildman–Crippen LogP) is 3.09. The van der Waals surface area contributed by atoms with Gasteiger partial charge < -0.3 is 14.7 Å². The average molecular weight is 325 g/mol. The van der Waals surface area contributed by atoms with Gasteiger partial charge in [-0.25, -0.2) is 9.18 Å². The predicted molar refractivity (Wildman–Crippen MR) is 83.2 cm³/mol. The van der Waals surface area contributed by atoms with Crippen LogP contribution in [0.15, 0.2) is 24.3 Å². The lowest BCUT2D eigenvalue weighted by Crippen LogP contribution is -2.42. The zero-order chi connectivity index (χ0) is 17.0. The molecule has 1 saturated heterocycles. The fourth-order valence-electron chi connectivity index (χ4n) is 2.79. The zero-order valence-corrected chi connectivity index (χ0v) is 13.8. The summed E-state index contributed by atoms with van der Waals surface area (Å²) in [7, 11) is 0. The Hall–Kier alpha value is -1.66. The summed E-state index contributed by atoms with van der Waals surface area (Å²) in [5.41, 5.74) is 0.377. The highest BCUT2D eigenvalue weighted by Crippen LogP contribution is 2.33. The second kappa shape index (κ2) is 7.27. The summed E-state index contributed by atoms with van der Waals surface area (Å²) < 4.78 is 18.2. The van der Waals surface area contributed by atoms with Gasteiger partial charge >= 0.3 is 6.16 Å². The summed E-state index contributed by atoms with van der Waals surface area (Å²) in [4.78, 5) is 16.9. The van der Waals surface area contributed by atoms with E-state index in [4.69, 9.17) is 9.57 Å². The van der Waals surface area contributed by atoms with Gasteiger partial charge in [-0.05, 0) is 50.8 Å². The molecule has 5 nitrogen and oxygen atoms in total. The van der Waals surface area contributed by atoms with Crippen molar-refractivity contribution < 1.29 is 23.9 Å². The van der Waals surface area contributed by atoms with Crippen molar-refractivity contribution in [2.24, 2.45) is 5.92 Å². The number of hydrogen-bond donors (Lipinski definition) is 1.